The molecule has 0 saturated carbocycles. The smallest absolute Gasteiger partial charge is 0.243 e. The van der Waals surface area contributed by atoms with Crippen LogP contribution in [-0.4, -0.2) is 11.1 Å². The maximum absolute atomic E-state index is 11.4. The number of hydrogen-bond acceptors (Lipinski definition) is 2. The summed E-state index contributed by atoms with van der Waals surface area (Å²) < 4.78 is 0. The number of benzene rings is 3. The van der Waals surface area contributed by atoms with E-state index in [1.54, 1.807) is 5.48 Å². The highest BCUT2D eigenvalue weighted by Gasteiger charge is 2.12. The third kappa shape index (κ3) is 2.36. The van der Waals surface area contributed by atoms with Gasteiger partial charge in [0.15, 0.2) is 0 Å². The van der Waals surface area contributed by atoms with Gasteiger partial charge >= 0.3 is 0 Å². The van der Waals surface area contributed by atoms with Gasteiger partial charge in [0.25, 0.3) is 0 Å². The topological polar surface area (TPSA) is 49.3 Å². The van der Waals surface area contributed by atoms with E-state index in [1.807, 2.05) is 24.3 Å². The maximum Gasteiger partial charge on any atom is 0.243 e. The van der Waals surface area contributed by atoms with E-state index in [9.17, 15) is 4.79 Å². The molecule has 3 heteroatoms. The van der Waals surface area contributed by atoms with Crippen LogP contribution in [0.25, 0.3) is 21.5 Å². The van der Waals surface area contributed by atoms with Gasteiger partial charge in [-0.2, -0.15) is 0 Å². The van der Waals surface area contributed by atoms with Crippen LogP contribution in [0.2, 0.25) is 0 Å². The second-order valence-electron chi connectivity index (χ2n) is 5.23. The molecule has 1 amide bonds. The van der Waals surface area contributed by atoms with E-state index in [0.29, 0.717) is 6.42 Å². The van der Waals surface area contributed by atoms with Crippen LogP contribution in [0.1, 0.15) is 17.5 Å². The minimum atomic E-state index is -0.358. The number of hydroxylamine groups is 1. The van der Waals surface area contributed by atoms with Gasteiger partial charge in [-0.25, -0.2) is 5.48 Å². The maximum atomic E-state index is 11.4. The van der Waals surface area contributed by atoms with Crippen molar-refractivity contribution in [3.05, 3.63) is 59.7 Å². The lowest BCUT2D eigenvalue weighted by Gasteiger charge is -2.14. The number of amides is 1. The summed E-state index contributed by atoms with van der Waals surface area (Å²) in [6.45, 7) is 2.13. The molecule has 3 aromatic carbocycles. The lowest BCUT2D eigenvalue weighted by atomic mass is 9.90. The van der Waals surface area contributed by atoms with Crippen LogP contribution in [0.5, 0.6) is 0 Å². The number of rotatable bonds is 3. The van der Waals surface area contributed by atoms with E-state index in [0.717, 1.165) is 5.56 Å². The zero-order valence-corrected chi connectivity index (χ0v) is 11.9. The molecular weight excluding hydrogens is 262 g/mol. The number of aryl methyl sites for hydroxylation is 2. The van der Waals surface area contributed by atoms with E-state index in [-0.39, 0.29) is 12.3 Å². The summed E-state index contributed by atoms with van der Waals surface area (Å²) in [5, 5.41) is 13.5. The molecule has 3 aromatic rings. The number of fused-ring (bicyclic) bond motifs is 2. The van der Waals surface area contributed by atoms with Crippen LogP contribution in [0.15, 0.2) is 48.5 Å². The fourth-order valence-electron chi connectivity index (χ4n) is 3.00. The Bertz CT molecular complexity index is 767. The van der Waals surface area contributed by atoms with Gasteiger partial charge in [0.2, 0.25) is 5.91 Å². The highest BCUT2D eigenvalue weighted by molar-refractivity contribution is 6.05. The highest BCUT2D eigenvalue weighted by atomic mass is 16.5. The Kier molecular flexibility index (Phi) is 3.59. The van der Waals surface area contributed by atoms with Crippen molar-refractivity contribution in [2.24, 2.45) is 0 Å². The lowest BCUT2D eigenvalue weighted by molar-refractivity contribution is -0.129. The Hall–Kier alpha value is -2.39. The van der Waals surface area contributed by atoms with Crippen molar-refractivity contribution in [2.45, 2.75) is 19.8 Å². The first-order valence-electron chi connectivity index (χ1n) is 7.04. The average Bonchev–Trinajstić information content (AvgIpc) is 2.54. The van der Waals surface area contributed by atoms with E-state index >= 15 is 0 Å². The summed E-state index contributed by atoms with van der Waals surface area (Å²) >= 11 is 0. The van der Waals surface area contributed by atoms with Gasteiger partial charge in [-0.15, -0.1) is 0 Å². The first kappa shape index (κ1) is 13.6. The van der Waals surface area contributed by atoms with E-state index in [1.165, 1.54) is 27.1 Å². The number of hydrogen-bond donors (Lipinski definition) is 2. The first-order chi connectivity index (χ1) is 10.2. The molecule has 0 radical (unpaired) electrons. The van der Waals surface area contributed by atoms with E-state index in [4.69, 9.17) is 5.21 Å². The molecule has 0 aliphatic rings. The predicted molar refractivity (Wildman–Crippen MR) is 84.4 cm³/mol. The fraction of sp³-hybridized carbons (Fsp3) is 0.167. The molecule has 0 aliphatic heterocycles. The van der Waals surface area contributed by atoms with Crippen molar-refractivity contribution < 1.29 is 10.0 Å². The van der Waals surface area contributed by atoms with Gasteiger partial charge < -0.3 is 0 Å². The van der Waals surface area contributed by atoms with Crippen molar-refractivity contribution in [3.63, 3.8) is 0 Å². The molecule has 3 rings (SSSR count). The van der Waals surface area contributed by atoms with Gasteiger partial charge in [0.1, 0.15) is 0 Å². The Balaban J connectivity index is 2.27. The SMILES string of the molecule is Cc1c2ccccc2c(CCC(=O)NO)c2ccccc12. The normalized spacial score (nSPS) is 11.0. The first-order valence-corrected chi connectivity index (χ1v) is 7.04. The van der Waals surface area contributed by atoms with E-state index < -0.39 is 0 Å². The van der Waals surface area contributed by atoms with Crippen molar-refractivity contribution >= 4 is 27.5 Å². The van der Waals surface area contributed by atoms with Gasteiger partial charge in [0.05, 0.1) is 0 Å². The summed E-state index contributed by atoms with van der Waals surface area (Å²) in [6, 6.07) is 16.5. The molecule has 3 nitrogen and oxygen atoms in total. The Morgan fingerprint density at radius 2 is 1.43 bits per heavy atom. The van der Waals surface area contributed by atoms with Crippen molar-refractivity contribution in [2.75, 3.05) is 0 Å². The molecule has 106 valence electrons. The monoisotopic (exact) mass is 279 g/mol. The summed E-state index contributed by atoms with van der Waals surface area (Å²) in [5.41, 5.74) is 4.13. The van der Waals surface area contributed by atoms with Crippen LogP contribution in [-0.2, 0) is 11.2 Å². The Morgan fingerprint density at radius 1 is 0.952 bits per heavy atom. The summed E-state index contributed by atoms with van der Waals surface area (Å²) in [7, 11) is 0. The van der Waals surface area contributed by atoms with Crippen LogP contribution < -0.4 is 5.48 Å². The predicted octanol–water partition coefficient (Wildman–Crippen LogP) is 3.74. The van der Waals surface area contributed by atoms with Gasteiger partial charge in [-0.1, -0.05) is 48.5 Å². The van der Waals surface area contributed by atoms with Crippen LogP contribution >= 0.6 is 0 Å². The number of nitrogens with one attached hydrogen (secondary N) is 1. The molecule has 0 bridgehead atoms. The lowest BCUT2D eigenvalue weighted by Crippen LogP contribution is -2.18. The molecule has 0 fully saturated rings. The Labute approximate surface area is 123 Å². The molecule has 21 heavy (non-hydrogen) atoms. The second-order valence-corrected chi connectivity index (χ2v) is 5.23. The fourth-order valence-corrected chi connectivity index (χ4v) is 3.00. The molecule has 0 saturated heterocycles. The molecule has 0 heterocycles. The third-order valence-corrected chi connectivity index (χ3v) is 4.04. The quantitative estimate of drug-likeness (QED) is 0.436. The van der Waals surface area contributed by atoms with Crippen LogP contribution in [0, 0.1) is 6.92 Å². The standard InChI is InChI=1S/C18H17NO2/c1-12-13-6-2-4-8-15(13)17(10-11-18(20)19-21)16-9-5-3-7-14(12)16/h2-9,21H,10-11H2,1H3,(H,19,20). The number of carbonyl (C=O) groups is 1. The molecule has 0 aromatic heterocycles. The van der Waals surface area contributed by atoms with Crippen molar-refractivity contribution in [1.29, 1.82) is 0 Å². The van der Waals surface area contributed by atoms with Gasteiger partial charge in [-0.3, -0.25) is 10.0 Å². The third-order valence-electron chi connectivity index (χ3n) is 4.04. The zero-order valence-electron chi connectivity index (χ0n) is 11.9. The minimum Gasteiger partial charge on any atom is -0.289 e. The van der Waals surface area contributed by atoms with Gasteiger partial charge in [-0.05, 0) is 46.0 Å². The molecule has 0 spiro atoms. The number of carbonyl (C=O) groups excluding carboxylic acids is 1. The summed E-state index contributed by atoms with van der Waals surface area (Å²) in [4.78, 5) is 11.4. The molecular formula is C18H17NO2. The molecule has 2 N–H and O–H groups in total. The van der Waals surface area contributed by atoms with Gasteiger partial charge in [0, 0.05) is 6.42 Å². The van der Waals surface area contributed by atoms with E-state index in [2.05, 4.69) is 31.2 Å². The molecule has 0 unspecified atom stereocenters. The zero-order chi connectivity index (χ0) is 14.8. The average molecular weight is 279 g/mol. The minimum absolute atomic E-state index is 0.271. The molecule has 0 atom stereocenters. The van der Waals surface area contributed by atoms with Crippen LogP contribution in [0.3, 0.4) is 0 Å². The van der Waals surface area contributed by atoms with Crippen molar-refractivity contribution in [1.82, 2.24) is 5.48 Å². The largest absolute Gasteiger partial charge is 0.289 e. The summed E-state index contributed by atoms with van der Waals surface area (Å²) in [6.07, 6.45) is 0.876. The van der Waals surface area contributed by atoms with Crippen molar-refractivity contribution in [3.8, 4) is 0 Å². The highest BCUT2D eigenvalue weighted by Crippen LogP contribution is 2.33. The summed E-state index contributed by atoms with van der Waals surface area (Å²) in [5.74, 6) is -0.358. The Morgan fingerprint density at radius 3 is 1.90 bits per heavy atom. The second kappa shape index (κ2) is 5.54. The molecule has 0 aliphatic carbocycles. The van der Waals surface area contributed by atoms with Crippen LogP contribution in [0.4, 0.5) is 0 Å².